The summed E-state index contributed by atoms with van der Waals surface area (Å²) < 4.78 is 10.8. The van der Waals surface area contributed by atoms with Crippen molar-refractivity contribution in [1.82, 2.24) is 9.80 Å². The number of rotatable bonds is 9. The van der Waals surface area contributed by atoms with E-state index < -0.39 is 17.4 Å². The Balaban J connectivity index is 1.81. The molecule has 3 amide bonds. The van der Waals surface area contributed by atoms with Crippen LogP contribution in [0.3, 0.4) is 0 Å². The Bertz CT molecular complexity index is 1270. The number of amides is 3. The number of nitrogen functional groups attached to an aromatic ring is 2. The number of hydrogen-bond acceptors (Lipinski definition) is 7. The van der Waals surface area contributed by atoms with E-state index in [1.807, 2.05) is 18.2 Å². The van der Waals surface area contributed by atoms with Gasteiger partial charge in [0.05, 0.1) is 36.6 Å². The number of nitrogens with two attached hydrogens (primary N) is 2. The van der Waals surface area contributed by atoms with Crippen molar-refractivity contribution in [2.75, 3.05) is 45.3 Å². The Hall–Kier alpha value is -3.95. The topological polar surface area (TPSA) is 148 Å². The molecule has 1 unspecified atom stereocenters. The third-order valence-corrected chi connectivity index (χ3v) is 7.53. The fourth-order valence-corrected chi connectivity index (χ4v) is 5.12. The zero-order valence-corrected chi connectivity index (χ0v) is 23.8. The molecule has 0 spiro atoms. The highest BCUT2D eigenvalue weighted by molar-refractivity contribution is 6.16. The molecule has 0 saturated heterocycles. The van der Waals surface area contributed by atoms with E-state index in [1.165, 1.54) is 4.90 Å². The first kappa shape index (κ1) is 29.6. The SMILES string of the molecule is COc1ccc(C(CN(CCCN2C(=O)c3c(ccc(N)c3N)C(C)(C)C2=O)C(=O)O)C(C)(C)C)cc1OC. The van der Waals surface area contributed by atoms with E-state index in [4.69, 9.17) is 20.9 Å². The number of carboxylic acid groups (broad SMARTS) is 1. The minimum absolute atomic E-state index is 0.0507. The van der Waals surface area contributed by atoms with E-state index in [2.05, 4.69) is 20.8 Å². The van der Waals surface area contributed by atoms with Crippen LogP contribution < -0.4 is 20.9 Å². The van der Waals surface area contributed by atoms with Gasteiger partial charge >= 0.3 is 6.09 Å². The van der Waals surface area contributed by atoms with Crippen LogP contribution in [-0.4, -0.2) is 66.7 Å². The van der Waals surface area contributed by atoms with Crippen molar-refractivity contribution in [3.63, 3.8) is 0 Å². The van der Waals surface area contributed by atoms with E-state index in [0.29, 0.717) is 17.1 Å². The number of fused-ring (bicyclic) bond motifs is 1. The third kappa shape index (κ3) is 5.74. The Morgan fingerprint density at radius 2 is 1.72 bits per heavy atom. The lowest BCUT2D eigenvalue weighted by molar-refractivity contribution is -0.134. The molecular formula is C29H40N4O6. The summed E-state index contributed by atoms with van der Waals surface area (Å²) in [6.07, 6.45) is -0.816. The molecule has 10 heteroatoms. The van der Waals surface area contributed by atoms with Crippen molar-refractivity contribution >= 4 is 29.3 Å². The predicted octanol–water partition coefficient (Wildman–Crippen LogP) is 4.33. The number of carbonyl (C=O) groups is 3. The third-order valence-electron chi connectivity index (χ3n) is 7.53. The molecule has 0 fully saturated rings. The Kier molecular flexibility index (Phi) is 8.38. The maximum absolute atomic E-state index is 13.3. The smallest absolute Gasteiger partial charge is 0.407 e. The molecule has 10 nitrogen and oxygen atoms in total. The van der Waals surface area contributed by atoms with Crippen molar-refractivity contribution in [3.8, 4) is 11.5 Å². The van der Waals surface area contributed by atoms with Crippen LogP contribution in [0.2, 0.25) is 0 Å². The first-order valence-corrected chi connectivity index (χ1v) is 12.9. The van der Waals surface area contributed by atoms with Crippen LogP contribution in [0.1, 0.15) is 68.4 Å². The molecule has 5 N–H and O–H groups in total. The van der Waals surface area contributed by atoms with Gasteiger partial charge in [0.25, 0.3) is 5.91 Å². The lowest BCUT2D eigenvalue weighted by atomic mass is 9.76. The molecule has 3 rings (SSSR count). The molecule has 0 radical (unpaired) electrons. The number of hydrogen-bond donors (Lipinski definition) is 3. The monoisotopic (exact) mass is 540 g/mol. The average molecular weight is 541 g/mol. The summed E-state index contributed by atoms with van der Waals surface area (Å²) in [4.78, 5) is 41.4. The zero-order chi connectivity index (χ0) is 29.3. The lowest BCUT2D eigenvalue weighted by Gasteiger charge is -2.38. The Morgan fingerprint density at radius 1 is 1.08 bits per heavy atom. The lowest BCUT2D eigenvalue weighted by Crippen LogP contribution is -2.52. The van der Waals surface area contributed by atoms with Gasteiger partial charge in [-0.1, -0.05) is 32.9 Å². The number of methoxy groups -OCH3 is 2. The largest absolute Gasteiger partial charge is 0.493 e. The fourth-order valence-electron chi connectivity index (χ4n) is 5.12. The standard InChI is InChI=1S/C29H40N4O6/c1-28(2,3)19(17-9-12-21(38-6)22(15-17)39-7)16-32(27(36)37)13-8-14-33-25(34)23-18(29(4,5)26(33)35)10-11-20(30)24(23)31/h9-12,15,19H,8,13-14,16,30-31H2,1-7H3,(H,36,37). The van der Waals surface area contributed by atoms with Gasteiger partial charge in [-0.3, -0.25) is 14.5 Å². The van der Waals surface area contributed by atoms with Gasteiger partial charge in [0.2, 0.25) is 5.91 Å². The molecular weight excluding hydrogens is 500 g/mol. The van der Waals surface area contributed by atoms with E-state index in [1.54, 1.807) is 40.2 Å². The second-order valence-electron chi connectivity index (χ2n) is 11.5. The van der Waals surface area contributed by atoms with Crippen molar-refractivity contribution in [3.05, 3.63) is 47.0 Å². The van der Waals surface area contributed by atoms with Crippen LogP contribution in [0.5, 0.6) is 11.5 Å². The summed E-state index contributed by atoms with van der Waals surface area (Å²) in [5.74, 6) is 0.117. The quantitative estimate of drug-likeness (QED) is 0.314. The number of nitrogens with zero attached hydrogens (tertiary/aromatic N) is 2. The molecule has 1 aliphatic heterocycles. The van der Waals surface area contributed by atoms with Crippen molar-refractivity contribution in [1.29, 1.82) is 0 Å². The molecule has 0 bridgehead atoms. The molecule has 39 heavy (non-hydrogen) atoms. The molecule has 0 saturated carbocycles. The average Bonchev–Trinajstić information content (AvgIpc) is 2.86. The highest BCUT2D eigenvalue weighted by Crippen LogP contribution is 2.41. The second kappa shape index (κ2) is 11.0. The van der Waals surface area contributed by atoms with Crippen LogP contribution in [-0.2, 0) is 10.2 Å². The number of anilines is 2. The molecule has 2 aromatic rings. The van der Waals surface area contributed by atoms with Gasteiger partial charge in [-0.05, 0) is 55.0 Å². The van der Waals surface area contributed by atoms with Gasteiger partial charge < -0.3 is 30.9 Å². The highest BCUT2D eigenvalue weighted by atomic mass is 16.5. The van der Waals surface area contributed by atoms with Gasteiger partial charge in [0, 0.05) is 25.6 Å². The minimum atomic E-state index is -1.08. The fraction of sp³-hybridized carbons (Fsp3) is 0.483. The first-order chi connectivity index (χ1) is 18.1. The van der Waals surface area contributed by atoms with Crippen LogP contribution in [0, 0.1) is 5.41 Å². The van der Waals surface area contributed by atoms with E-state index in [9.17, 15) is 19.5 Å². The van der Waals surface area contributed by atoms with E-state index in [-0.39, 0.29) is 60.2 Å². The van der Waals surface area contributed by atoms with Gasteiger partial charge in [0.1, 0.15) is 0 Å². The normalized spacial score (nSPS) is 15.5. The molecule has 2 aromatic carbocycles. The van der Waals surface area contributed by atoms with Crippen LogP contribution in [0.25, 0.3) is 0 Å². The Labute approximate surface area is 229 Å². The minimum Gasteiger partial charge on any atom is -0.493 e. The maximum atomic E-state index is 13.3. The van der Waals surface area contributed by atoms with E-state index in [0.717, 1.165) is 10.5 Å². The highest BCUT2D eigenvalue weighted by Gasteiger charge is 2.45. The van der Waals surface area contributed by atoms with Gasteiger partial charge in [-0.15, -0.1) is 0 Å². The van der Waals surface area contributed by atoms with Gasteiger partial charge in [-0.25, -0.2) is 4.79 Å². The van der Waals surface area contributed by atoms with Crippen molar-refractivity contribution in [2.45, 2.75) is 52.4 Å². The summed E-state index contributed by atoms with van der Waals surface area (Å²) >= 11 is 0. The van der Waals surface area contributed by atoms with Crippen LogP contribution >= 0.6 is 0 Å². The molecule has 1 heterocycles. The van der Waals surface area contributed by atoms with Crippen LogP contribution in [0.15, 0.2) is 30.3 Å². The number of benzene rings is 2. The predicted molar refractivity (Wildman–Crippen MR) is 150 cm³/mol. The summed E-state index contributed by atoms with van der Waals surface area (Å²) in [7, 11) is 3.12. The Morgan fingerprint density at radius 3 is 2.28 bits per heavy atom. The first-order valence-electron chi connectivity index (χ1n) is 12.9. The summed E-state index contributed by atoms with van der Waals surface area (Å²) in [5.41, 5.74) is 12.9. The maximum Gasteiger partial charge on any atom is 0.407 e. The molecule has 0 aliphatic carbocycles. The number of ether oxygens (including phenoxy) is 2. The summed E-state index contributed by atoms with van der Waals surface area (Å²) in [6.45, 7) is 10.0. The van der Waals surface area contributed by atoms with Crippen molar-refractivity contribution < 1.29 is 29.0 Å². The van der Waals surface area contributed by atoms with Crippen LogP contribution in [0.4, 0.5) is 16.2 Å². The number of carbonyl (C=O) groups excluding carboxylic acids is 2. The molecule has 1 atom stereocenters. The second-order valence-corrected chi connectivity index (χ2v) is 11.5. The van der Waals surface area contributed by atoms with E-state index >= 15 is 0 Å². The number of imide groups is 1. The molecule has 0 aromatic heterocycles. The zero-order valence-electron chi connectivity index (χ0n) is 23.8. The molecule has 212 valence electrons. The van der Waals surface area contributed by atoms with Gasteiger partial charge in [0.15, 0.2) is 11.5 Å². The molecule has 1 aliphatic rings. The summed E-state index contributed by atoms with van der Waals surface area (Å²) in [5, 5.41) is 10.0. The van der Waals surface area contributed by atoms with Gasteiger partial charge in [-0.2, -0.15) is 0 Å². The summed E-state index contributed by atoms with van der Waals surface area (Å²) in [6, 6.07) is 8.86. The van der Waals surface area contributed by atoms with Crippen molar-refractivity contribution in [2.24, 2.45) is 5.41 Å².